The number of thiophene rings is 1. The van der Waals surface area contributed by atoms with Gasteiger partial charge in [0.1, 0.15) is 11.4 Å². The number of fused-ring (bicyclic) bond motifs is 3. The van der Waals surface area contributed by atoms with E-state index in [-0.39, 0.29) is 42.5 Å². The fraction of sp³-hybridized carbons (Fsp3) is 0.396. The van der Waals surface area contributed by atoms with E-state index in [1.54, 1.807) is 16.2 Å². The molecule has 1 amide bonds. The van der Waals surface area contributed by atoms with E-state index >= 15 is 0 Å². The number of carboxylic acid groups (broad SMARTS) is 3. The predicted molar refractivity (Wildman–Crippen MR) is 266 cm³/mol. The first-order valence-corrected chi connectivity index (χ1v) is 23.9. The molecule has 4 aromatic carbocycles. The van der Waals surface area contributed by atoms with E-state index in [1.165, 1.54) is 7.11 Å². The van der Waals surface area contributed by atoms with E-state index < -0.39 is 41.9 Å². The number of esters is 2. The number of carbonyl (C=O) groups excluding carboxylic acids is 3. The first-order valence-electron chi connectivity index (χ1n) is 22.5. The number of hydrogen-bond acceptors (Lipinski definition) is 11. The standard InChI is InChI=1S/C47H50ClNO7S.3C2H4O2/c1-29-28-57-45-37(25-36-43(41(29)45)32(26-48)27-49(36)38(50)21-14-22-39(51)56-47(2,3)4)54-40-24-23-35(44(55-40)46(52)53-5)33-19-12-13-20-34(33)42(30-15-8-6-9-16-30)31-17-10-7-11-18-31;3*1-2(3)4/h6-13,15-20,25,28,32,35,40,42,44H,14,21-24,26-27H2,1-5H3;3*1H3,(H,3,4)/t32?,35-,40+,44-;;;/m0.../s1. The summed E-state index contributed by atoms with van der Waals surface area (Å²) < 4.78 is 25.1. The van der Waals surface area contributed by atoms with Crippen LogP contribution in [-0.2, 0) is 43.0 Å². The summed E-state index contributed by atoms with van der Waals surface area (Å²) in [5.41, 5.74) is 6.73. The van der Waals surface area contributed by atoms with Crippen LogP contribution in [-0.4, -0.2) is 88.6 Å². The van der Waals surface area contributed by atoms with E-state index in [9.17, 15) is 14.4 Å². The largest absolute Gasteiger partial charge is 0.481 e. The van der Waals surface area contributed by atoms with Crippen LogP contribution in [0.25, 0.3) is 10.1 Å². The Bertz CT molecular complexity index is 2460. The Morgan fingerprint density at radius 2 is 1.38 bits per heavy atom. The fourth-order valence-electron chi connectivity index (χ4n) is 8.39. The smallest absolute Gasteiger partial charge is 0.335 e. The second kappa shape index (κ2) is 25.9. The molecule has 0 radical (unpaired) electrons. The Balaban J connectivity index is 0.000000776. The second-order valence-electron chi connectivity index (χ2n) is 17.5. The monoisotopic (exact) mass is 987 g/mol. The number of alkyl halides is 1. The number of amides is 1. The van der Waals surface area contributed by atoms with Crippen molar-refractivity contribution in [1.82, 2.24) is 0 Å². The molecule has 0 aliphatic carbocycles. The topological polar surface area (TPSA) is 203 Å². The average molecular weight is 989 g/mol. The molecule has 7 rings (SSSR count). The number of hydrogen-bond donors (Lipinski definition) is 3. The summed E-state index contributed by atoms with van der Waals surface area (Å²) in [4.78, 5) is 68.6. The van der Waals surface area contributed by atoms with Crippen molar-refractivity contribution in [2.75, 3.05) is 24.4 Å². The minimum absolute atomic E-state index is 0.0579. The summed E-state index contributed by atoms with van der Waals surface area (Å²) in [6, 6.07) is 31.1. The summed E-state index contributed by atoms with van der Waals surface area (Å²) in [5.74, 6) is -2.84. The molecular weight excluding hydrogens is 926 g/mol. The van der Waals surface area contributed by atoms with Crippen LogP contribution in [0.15, 0.2) is 96.4 Å². The van der Waals surface area contributed by atoms with Crippen LogP contribution in [0.4, 0.5) is 5.69 Å². The van der Waals surface area contributed by atoms with Crippen molar-refractivity contribution in [2.45, 2.75) is 116 Å². The average Bonchev–Trinajstić information content (AvgIpc) is 3.86. The third-order valence-corrected chi connectivity index (χ3v) is 12.3. The molecule has 3 N–H and O–H groups in total. The molecule has 370 valence electrons. The zero-order chi connectivity index (χ0) is 51.0. The first-order chi connectivity index (χ1) is 32.7. The molecule has 5 aromatic rings. The lowest BCUT2D eigenvalue weighted by atomic mass is 9.77. The highest BCUT2D eigenvalue weighted by Crippen LogP contribution is 2.50. The van der Waals surface area contributed by atoms with Crippen molar-refractivity contribution in [3.8, 4) is 5.75 Å². The number of benzene rings is 4. The molecular formula is C53H62ClNO13S. The maximum Gasteiger partial charge on any atom is 0.335 e. The number of rotatable bonds is 12. The Morgan fingerprint density at radius 1 is 0.826 bits per heavy atom. The third-order valence-electron chi connectivity index (χ3n) is 10.8. The number of aliphatic carboxylic acids is 3. The van der Waals surface area contributed by atoms with Crippen LogP contribution in [0.2, 0.25) is 0 Å². The van der Waals surface area contributed by atoms with Gasteiger partial charge in [0.25, 0.3) is 17.9 Å². The van der Waals surface area contributed by atoms with E-state index in [0.717, 1.165) is 69.9 Å². The van der Waals surface area contributed by atoms with Crippen LogP contribution in [0.1, 0.15) is 125 Å². The minimum atomic E-state index is -0.916. The van der Waals surface area contributed by atoms with Crippen LogP contribution >= 0.6 is 22.9 Å². The van der Waals surface area contributed by atoms with Gasteiger partial charge in [0.15, 0.2) is 6.10 Å². The summed E-state index contributed by atoms with van der Waals surface area (Å²) in [7, 11) is 1.39. The molecule has 1 unspecified atom stereocenters. The van der Waals surface area contributed by atoms with Gasteiger partial charge in [0.2, 0.25) is 12.2 Å². The van der Waals surface area contributed by atoms with Crippen LogP contribution in [0.5, 0.6) is 5.75 Å². The van der Waals surface area contributed by atoms with E-state index in [4.69, 9.17) is 60.3 Å². The fourth-order valence-corrected chi connectivity index (χ4v) is 9.67. The summed E-state index contributed by atoms with van der Waals surface area (Å²) in [6.07, 6.45) is 0.199. The Kier molecular flexibility index (Phi) is 20.8. The molecule has 2 aliphatic rings. The maximum atomic E-state index is 13.8. The summed E-state index contributed by atoms with van der Waals surface area (Å²) >= 11 is 8.14. The molecule has 1 fully saturated rings. The molecule has 14 nitrogen and oxygen atoms in total. The van der Waals surface area contributed by atoms with Gasteiger partial charge in [-0.15, -0.1) is 22.9 Å². The quantitative estimate of drug-likeness (QED) is 0.0606. The molecule has 2 aliphatic heterocycles. The van der Waals surface area contributed by atoms with Crippen molar-refractivity contribution in [1.29, 1.82) is 0 Å². The van der Waals surface area contributed by atoms with Crippen molar-refractivity contribution < 1.29 is 63.0 Å². The van der Waals surface area contributed by atoms with Crippen LogP contribution in [0, 0.1) is 6.92 Å². The molecule has 0 bridgehead atoms. The van der Waals surface area contributed by atoms with E-state index in [0.29, 0.717) is 37.4 Å². The lowest BCUT2D eigenvalue weighted by molar-refractivity contribution is -0.188. The van der Waals surface area contributed by atoms with Crippen molar-refractivity contribution in [2.24, 2.45) is 0 Å². The van der Waals surface area contributed by atoms with Gasteiger partial charge in [-0.1, -0.05) is 84.9 Å². The normalized spacial score (nSPS) is 17.1. The molecule has 3 heterocycles. The molecule has 1 saturated heterocycles. The Hall–Kier alpha value is -6.29. The van der Waals surface area contributed by atoms with Crippen molar-refractivity contribution in [3.05, 3.63) is 130 Å². The Morgan fingerprint density at radius 3 is 1.91 bits per heavy atom. The summed E-state index contributed by atoms with van der Waals surface area (Å²) in [5, 5.41) is 25.4. The molecule has 1 aromatic heterocycles. The first kappa shape index (κ1) is 55.3. The van der Waals surface area contributed by atoms with E-state index in [1.807, 2.05) is 51.1 Å². The molecule has 0 saturated carbocycles. The lowest BCUT2D eigenvalue weighted by Crippen LogP contribution is -2.42. The van der Waals surface area contributed by atoms with Gasteiger partial charge >= 0.3 is 11.9 Å². The SMILES string of the molecule is CC(=O)O.CC(=O)O.CC(=O)O.COC(=O)[C@H]1O[C@@H](Oc2cc3c(c4c(C)csc24)C(CCl)CN3C(=O)CCCC(=O)OC(C)(C)C)CC[C@H]1c1ccccc1C(c1ccccc1)c1ccccc1. The number of methoxy groups -OCH3 is 1. The third kappa shape index (κ3) is 15.9. The molecule has 16 heteroatoms. The highest BCUT2D eigenvalue weighted by atomic mass is 35.5. The van der Waals surface area contributed by atoms with Gasteiger partial charge in [-0.3, -0.25) is 24.0 Å². The number of carbonyl (C=O) groups is 6. The number of aryl methyl sites for hydroxylation is 1. The number of anilines is 1. The van der Waals surface area contributed by atoms with Crippen molar-refractivity contribution in [3.63, 3.8) is 0 Å². The Labute approximate surface area is 412 Å². The van der Waals surface area contributed by atoms with Gasteiger partial charge < -0.3 is 39.2 Å². The van der Waals surface area contributed by atoms with Gasteiger partial charge in [0, 0.05) is 81.7 Å². The minimum Gasteiger partial charge on any atom is -0.481 e. The van der Waals surface area contributed by atoms with E-state index in [2.05, 4.69) is 73.0 Å². The van der Waals surface area contributed by atoms with Gasteiger partial charge in [0.05, 0.1) is 17.5 Å². The van der Waals surface area contributed by atoms with Crippen molar-refractivity contribution >= 4 is 74.5 Å². The lowest BCUT2D eigenvalue weighted by Gasteiger charge is -2.37. The highest BCUT2D eigenvalue weighted by molar-refractivity contribution is 7.17. The number of nitrogens with zero attached hydrogens (tertiary/aromatic N) is 1. The zero-order valence-electron chi connectivity index (χ0n) is 40.2. The van der Waals surface area contributed by atoms with Crippen LogP contribution < -0.4 is 9.64 Å². The van der Waals surface area contributed by atoms with Crippen LogP contribution in [0.3, 0.4) is 0 Å². The number of ether oxygens (including phenoxy) is 4. The molecule has 69 heavy (non-hydrogen) atoms. The number of carboxylic acids is 3. The number of halogens is 1. The second-order valence-corrected chi connectivity index (χ2v) is 18.7. The highest BCUT2D eigenvalue weighted by Gasteiger charge is 2.42. The maximum absolute atomic E-state index is 13.8. The van der Waals surface area contributed by atoms with Gasteiger partial charge in [-0.2, -0.15) is 0 Å². The summed E-state index contributed by atoms with van der Waals surface area (Å²) in [6.45, 7) is 11.2. The zero-order valence-corrected chi connectivity index (χ0v) is 41.8. The predicted octanol–water partition coefficient (Wildman–Crippen LogP) is 10.7. The van der Waals surface area contributed by atoms with Gasteiger partial charge in [-0.25, -0.2) is 4.79 Å². The van der Waals surface area contributed by atoms with Gasteiger partial charge in [-0.05, 0) is 79.3 Å². The molecule has 4 atom stereocenters. The molecule has 0 spiro atoms.